The number of benzene rings is 1. The molecule has 0 radical (unpaired) electrons. The standard InChI is InChI=1S/C18H27FN2/c1-13(2)15-5-7-21(8-6-15)18-10-14(9-16(19)11-18)12-20-17-3-4-17/h9-11,13,15,17,20H,3-8,12H2,1-2H3. The predicted octanol–water partition coefficient (Wildman–Crippen LogP) is 3.95. The Morgan fingerprint density at radius 3 is 2.48 bits per heavy atom. The molecule has 1 N–H and O–H groups in total. The largest absolute Gasteiger partial charge is 0.371 e. The molecule has 2 fully saturated rings. The summed E-state index contributed by atoms with van der Waals surface area (Å²) in [4.78, 5) is 2.35. The molecule has 2 nitrogen and oxygen atoms in total. The molecule has 0 spiro atoms. The Labute approximate surface area is 127 Å². The van der Waals surface area contributed by atoms with Crippen LogP contribution in [-0.4, -0.2) is 19.1 Å². The lowest BCUT2D eigenvalue weighted by atomic mass is 9.86. The molecule has 116 valence electrons. The second-order valence-corrected chi connectivity index (χ2v) is 7.04. The molecule has 1 aliphatic heterocycles. The zero-order valence-corrected chi connectivity index (χ0v) is 13.2. The minimum Gasteiger partial charge on any atom is -0.371 e. The summed E-state index contributed by atoms with van der Waals surface area (Å²) in [5.41, 5.74) is 2.13. The van der Waals surface area contributed by atoms with Gasteiger partial charge in [0.15, 0.2) is 0 Å². The van der Waals surface area contributed by atoms with Crippen LogP contribution in [0.4, 0.5) is 10.1 Å². The zero-order valence-electron chi connectivity index (χ0n) is 13.2. The Kier molecular flexibility index (Phi) is 4.48. The summed E-state index contributed by atoms with van der Waals surface area (Å²) in [6.45, 7) is 7.52. The number of nitrogens with zero attached hydrogens (tertiary/aromatic N) is 1. The molecule has 0 atom stereocenters. The van der Waals surface area contributed by atoms with Crippen molar-refractivity contribution >= 4 is 5.69 Å². The second kappa shape index (κ2) is 6.35. The summed E-state index contributed by atoms with van der Waals surface area (Å²) >= 11 is 0. The van der Waals surface area contributed by atoms with E-state index in [4.69, 9.17) is 0 Å². The highest BCUT2D eigenvalue weighted by atomic mass is 19.1. The quantitative estimate of drug-likeness (QED) is 0.883. The van der Waals surface area contributed by atoms with E-state index in [-0.39, 0.29) is 5.82 Å². The predicted molar refractivity (Wildman–Crippen MR) is 86.0 cm³/mol. The lowest BCUT2D eigenvalue weighted by molar-refractivity contribution is 0.311. The topological polar surface area (TPSA) is 15.3 Å². The van der Waals surface area contributed by atoms with E-state index in [1.165, 1.54) is 25.7 Å². The maximum atomic E-state index is 13.9. The number of rotatable bonds is 5. The zero-order chi connectivity index (χ0) is 14.8. The van der Waals surface area contributed by atoms with Crippen LogP contribution in [0.25, 0.3) is 0 Å². The molecular formula is C18H27FN2. The average molecular weight is 290 g/mol. The Balaban J connectivity index is 1.64. The number of piperidine rings is 1. The van der Waals surface area contributed by atoms with Gasteiger partial charge in [-0.25, -0.2) is 4.39 Å². The Hall–Kier alpha value is -1.09. The van der Waals surface area contributed by atoms with Gasteiger partial charge in [0.2, 0.25) is 0 Å². The van der Waals surface area contributed by atoms with Crippen molar-refractivity contribution in [1.82, 2.24) is 5.32 Å². The summed E-state index contributed by atoms with van der Waals surface area (Å²) < 4.78 is 13.9. The van der Waals surface area contributed by atoms with Crippen LogP contribution in [0, 0.1) is 17.7 Å². The molecular weight excluding hydrogens is 263 g/mol. The van der Waals surface area contributed by atoms with Gasteiger partial charge in [0.05, 0.1) is 0 Å². The first-order chi connectivity index (χ1) is 10.1. The molecule has 1 aliphatic carbocycles. The van der Waals surface area contributed by atoms with Gasteiger partial charge in [0.25, 0.3) is 0 Å². The number of hydrogen-bond donors (Lipinski definition) is 1. The number of nitrogens with one attached hydrogen (secondary N) is 1. The first kappa shape index (κ1) is 14.8. The van der Waals surface area contributed by atoms with Crippen LogP contribution in [0.15, 0.2) is 18.2 Å². The molecule has 1 heterocycles. The van der Waals surface area contributed by atoms with Gasteiger partial charge in [-0.15, -0.1) is 0 Å². The summed E-state index contributed by atoms with van der Waals surface area (Å²) in [6.07, 6.45) is 4.99. The van der Waals surface area contributed by atoms with E-state index in [9.17, 15) is 4.39 Å². The second-order valence-electron chi connectivity index (χ2n) is 7.04. The van der Waals surface area contributed by atoms with Crippen molar-refractivity contribution in [1.29, 1.82) is 0 Å². The lowest BCUT2D eigenvalue weighted by Crippen LogP contribution is -2.35. The van der Waals surface area contributed by atoms with Crippen molar-refractivity contribution in [2.24, 2.45) is 11.8 Å². The number of hydrogen-bond acceptors (Lipinski definition) is 2. The highest BCUT2D eigenvalue weighted by Gasteiger charge is 2.23. The van der Waals surface area contributed by atoms with Crippen LogP contribution in [0.2, 0.25) is 0 Å². The Morgan fingerprint density at radius 1 is 1.14 bits per heavy atom. The minimum absolute atomic E-state index is 0.105. The Bertz CT molecular complexity index is 474. The fourth-order valence-corrected chi connectivity index (χ4v) is 3.29. The van der Waals surface area contributed by atoms with Crippen LogP contribution in [0.1, 0.15) is 45.1 Å². The Morgan fingerprint density at radius 2 is 1.86 bits per heavy atom. The van der Waals surface area contributed by atoms with E-state index in [1.54, 1.807) is 12.1 Å². The van der Waals surface area contributed by atoms with Crippen LogP contribution in [-0.2, 0) is 6.54 Å². The molecule has 1 aromatic rings. The maximum absolute atomic E-state index is 13.9. The van der Waals surface area contributed by atoms with Crippen LogP contribution >= 0.6 is 0 Å². The van der Waals surface area contributed by atoms with Gasteiger partial charge in [0, 0.05) is 31.4 Å². The molecule has 1 saturated carbocycles. The van der Waals surface area contributed by atoms with E-state index in [0.717, 1.165) is 42.7 Å². The molecule has 3 heteroatoms. The van der Waals surface area contributed by atoms with Crippen LogP contribution in [0.3, 0.4) is 0 Å². The maximum Gasteiger partial charge on any atom is 0.125 e. The van der Waals surface area contributed by atoms with Crippen molar-refractivity contribution in [3.63, 3.8) is 0 Å². The SMILES string of the molecule is CC(C)C1CCN(c2cc(F)cc(CNC3CC3)c2)CC1. The molecule has 0 bridgehead atoms. The van der Waals surface area contributed by atoms with Crippen molar-refractivity contribution < 1.29 is 4.39 Å². The average Bonchev–Trinajstić information content (AvgIpc) is 3.29. The smallest absolute Gasteiger partial charge is 0.125 e. The van der Waals surface area contributed by atoms with Gasteiger partial charge in [-0.2, -0.15) is 0 Å². The van der Waals surface area contributed by atoms with E-state index in [0.29, 0.717) is 6.04 Å². The van der Waals surface area contributed by atoms with E-state index in [1.807, 2.05) is 0 Å². The third-order valence-electron chi connectivity index (χ3n) is 4.96. The molecule has 0 unspecified atom stereocenters. The third kappa shape index (κ3) is 3.97. The summed E-state index contributed by atoms with van der Waals surface area (Å²) in [6, 6.07) is 6.18. The van der Waals surface area contributed by atoms with E-state index in [2.05, 4.69) is 30.1 Å². The summed E-state index contributed by atoms with van der Waals surface area (Å²) in [5, 5.41) is 3.47. The van der Waals surface area contributed by atoms with Crippen molar-refractivity contribution in [3.05, 3.63) is 29.6 Å². The van der Waals surface area contributed by atoms with Gasteiger partial charge in [-0.05, 0) is 61.3 Å². The molecule has 2 aliphatic rings. The molecule has 0 amide bonds. The van der Waals surface area contributed by atoms with Gasteiger partial charge in [-0.1, -0.05) is 13.8 Å². The first-order valence-electron chi connectivity index (χ1n) is 8.39. The highest BCUT2D eigenvalue weighted by Crippen LogP contribution is 2.29. The monoisotopic (exact) mass is 290 g/mol. The van der Waals surface area contributed by atoms with Crippen LogP contribution in [0.5, 0.6) is 0 Å². The minimum atomic E-state index is -0.105. The summed E-state index contributed by atoms with van der Waals surface area (Å²) in [7, 11) is 0. The number of anilines is 1. The van der Waals surface area contributed by atoms with Gasteiger partial charge in [0.1, 0.15) is 5.82 Å². The third-order valence-corrected chi connectivity index (χ3v) is 4.96. The molecule has 1 saturated heterocycles. The van der Waals surface area contributed by atoms with Crippen molar-refractivity contribution in [2.75, 3.05) is 18.0 Å². The molecule has 1 aromatic carbocycles. The normalized spacial score (nSPS) is 20.3. The van der Waals surface area contributed by atoms with Crippen molar-refractivity contribution in [3.8, 4) is 0 Å². The van der Waals surface area contributed by atoms with Gasteiger partial charge in [-0.3, -0.25) is 0 Å². The van der Waals surface area contributed by atoms with Crippen molar-refractivity contribution in [2.45, 2.75) is 52.1 Å². The fraction of sp³-hybridized carbons (Fsp3) is 0.667. The molecule has 21 heavy (non-hydrogen) atoms. The first-order valence-corrected chi connectivity index (χ1v) is 8.39. The molecule has 3 rings (SSSR count). The van der Waals surface area contributed by atoms with Gasteiger partial charge >= 0.3 is 0 Å². The van der Waals surface area contributed by atoms with Crippen LogP contribution < -0.4 is 10.2 Å². The summed E-state index contributed by atoms with van der Waals surface area (Å²) in [5.74, 6) is 1.48. The number of halogens is 1. The van der Waals surface area contributed by atoms with Gasteiger partial charge < -0.3 is 10.2 Å². The van der Waals surface area contributed by atoms with E-state index >= 15 is 0 Å². The highest BCUT2D eigenvalue weighted by molar-refractivity contribution is 5.49. The van der Waals surface area contributed by atoms with E-state index < -0.39 is 0 Å². The lowest BCUT2D eigenvalue weighted by Gasteiger charge is -2.35. The molecule has 0 aromatic heterocycles. The fourth-order valence-electron chi connectivity index (χ4n) is 3.29.